The predicted octanol–water partition coefficient (Wildman–Crippen LogP) is 3.29. The zero-order valence-corrected chi connectivity index (χ0v) is 12.4. The van der Waals surface area contributed by atoms with Crippen LogP contribution < -0.4 is 4.74 Å². The lowest BCUT2D eigenvalue weighted by Gasteiger charge is -2.14. The van der Waals surface area contributed by atoms with Gasteiger partial charge in [0.25, 0.3) is 0 Å². The van der Waals surface area contributed by atoms with E-state index in [1.807, 2.05) is 18.3 Å². The number of hydrogen-bond donors (Lipinski definition) is 1. The van der Waals surface area contributed by atoms with E-state index in [9.17, 15) is 5.11 Å². The third kappa shape index (κ3) is 2.42. The second kappa shape index (κ2) is 5.02. The first-order chi connectivity index (χ1) is 9.15. The van der Waals surface area contributed by atoms with Crippen molar-refractivity contribution in [2.75, 3.05) is 6.61 Å². The molecule has 0 bridgehead atoms. The van der Waals surface area contributed by atoms with Gasteiger partial charge in [0, 0.05) is 28.3 Å². The third-order valence-electron chi connectivity index (χ3n) is 3.46. The van der Waals surface area contributed by atoms with Gasteiger partial charge in [-0.25, -0.2) is 0 Å². The molecule has 0 spiro atoms. The number of nitrogens with zero attached hydrogens (tertiary/aromatic N) is 1. The van der Waals surface area contributed by atoms with E-state index in [1.165, 1.54) is 5.56 Å². The van der Waals surface area contributed by atoms with Gasteiger partial charge >= 0.3 is 0 Å². The maximum atomic E-state index is 9.76. The van der Waals surface area contributed by atoms with Crippen LogP contribution in [0, 0.1) is 0 Å². The maximum absolute atomic E-state index is 9.76. The van der Waals surface area contributed by atoms with Gasteiger partial charge in [-0.15, -0.1) is 0 Å². The van der Waals surface area contributed by atoms with Gasteiger partial charge in [-0.1, -0.05) is 15.9 Å². The average molecular weight is 322 g/mol. The highest BCUT2D eigenvalue weighted by Gasteiger charge is 2.18. The quantitative estimate of drug-likeness (QED) is 0.941. The van der Waals surface area contributed by atoms with E-state index in [0.29, 0.717) is 0 Å². The minimum absolute atomic E-state index is 0.462. The van der Waals surface area contributed by atoms with E-state index in [2.05, 4.69) is 32.6 Å². The van der Waals surface area contributed by atoms with Gasteiger partial charge in [-0.2, -0.15) is 0 Å². The van der Waals surface area contributed by atoms with Gasteiger partial charge in [-0.3, -0.25) is 0 Å². The molecule has 0 amide bonds. The second-order valence-electron chi connectivity index (χ2n) is 4.89. The van der Waals surface area contributed by atoms with Gasteiger partial charge in [0.1, 0.15) is 5.75 Å². The molecule has 1 N–H and O–H groups in total. The summed E-state index contributed by atoms with van der Waals surface area (Å²) in [5, 5.41) is 9.76. The molecule has 100 valence electrons. The number of rotatable bonds is 3. The summed E-state index contributed by atoms with van der Waals surface area (Å²) in [6.07, 6.45) is 2.50. The largest absolute Gasteiger partial charge is 0.493 e. The molecule has 1 atom stereocenters. The van der Waals surface area contributed by atoms with Gasteiger partial charge in [0.2, 0.25) is 0 Å². The fraction of sp³-hybridized carbons (Fsp3) is 0.333. The van der Waals surface area contributed by atoms with Gasteiger partial charge in [-0.05, 0) is 36.8 Å². The molecule has 0 radical (unpaired) electrons. The highest BCUT2D eigenvalue weighted by molar-refractivity contribution is 9.10. The van der Waals surface area contributed by atoms with Crippen molar-refractivity contribution >= 4 is 15.9 Å². The van der Waals surface area contributed by atoms with Crippen molar-refractivity contribution in [2.45, 2.75) is 26.0 Å². The van der Waals surface area contributed by atoms with E-state index >= 15 is 0 Å². The molecule has 4 heteroatoms. The highest BCUT2D eigenvalue weighted by atomic mass is 79.9. The smallest absolute Gasteiger partial charge is 0.127 e. The molecule has 0 saturated heterocycles. The van der Waals surface area contributed by atoms with Crippen molar-refractivity contribution in [3.63, 3.8) is 0 Å². The minimum Gasteiger partial charge on any atom is -0.493 e. The van der Waals surface area contributed by atoms with E-state index in [0.717, 1.165) is 41.1 Å². The summed E-state index contributed by atoms with van der Waals surface area (Å²) in [5.74, 6) is 1.01. The number of aromatic nitrogens is 1. The number of hydrogen-bond acceptors (Lipinski definition) is 2. The van der Waals surface area contributed by atoms with Gasteiger partial charge < -0.3 is 14.4 Å². The summed E-state index contributed by atoms with van der Waals surface area (Å²) in [4.78, 5) is 0. The van der Waals surface area contributed by atoms with Crippen LogP contribution in [0.1, 0.15) is 29.8 Å². The molecule has 0 saturated carbocycles. The van der Waals surface area contributed by atoms with Crippen molar-refractivity contribution in [1.82, 2.24) is 4.57 Å². The topological polar surface area (TPSA) is 34.4 Å². The Bertz CT molecular complexity index is 604. The van der Waals surface area contributed by atoms with Crippen LogP contribution in [0.15, 0.2) is 34.9 Å². The Hall–Kier alpha value is -1.26. The molecular formula is C15H16BrNO2. The molecule has 3 nitrogen and oxygen atoms in total. The van der Waals surface area contributed by atoms with Crippen LogP contribution in [-0.2, 0) is 13.0 Å². The normalized spacial score (nSPS) is 15.1. The molecule has 2 heterocycles. The number of aliphatic hydroxyl groups is 1. The first-order valence-corrected chi connectivity index (χ1v) is 7.21. The van der Waals surface area contributed by atoms with E-state index in [-0.39, 0.29) is 0 Å². The lowest BCUT2D eigenvalue weighted by atomic mass is 10.1. The maximum Gasteiger partial charge on any atom is 0.127 e. The first kappa shape index (κ1) is 12.8. The summed E-state index contributed by atoms with van der Waals surface area (Å²) in [6.45, 7) is 3.26. The van der Waals surface area contributed by atoms with Crippen molar-refractivity contribution in [3.8, 4) is 5.75 Å². The summed E-state index contributed by atoms with van der Waals surface area (Å²) in [6, 6.07) is 8.12. The lowest BCUT2D eigenvalue weighted by molar-refractivity contribution is 0.189. The Balaban J connectivity index is 1.98. The Labute approximate surface area is 121 Å². The lowest BCUT2D eigenvalue weighted by Crippen LogP contribution is -2.06. The SMILES string of the molecule is CC(O)c1cccn1Cc1cc(Br)cc2c1OCC2. The van der Waals surface area contributed by atoms with Crippen molar-refractivity contribution < 1.29 is 9.84 Å². The van der Waals surface area contributed by atoms with Crippen LogP contribution in [0.5, 0.6) is 5.75 Å². The van der Waals surface area contributed by atoms with E-state index in [4.69, 9.17) is 4.74 Å². The second-order valence-corrected chi connectivity index (χ2v) is 5.80. The van der Waals surface area contributed by atoms with Crippen LogP contribution in [0.25, 0.3) is 0 Å². The Morgan fingerprint density at radius 1 is 1.47 bits per heavy atom. The van der Waals surface area contributed by atoms with E-state index < -0.39 is 6.10 Å². The summed E-state index contributed by atoms with van der Waals surface area (Å²) in [7, 11) is 0. The summed E-state index contributed by atoms with van der Waals surface area (Å²) < 4.78 is 8.88. The monoisotopic (exact) mass is 321 g/mol. The molecule has 2 aromatic rings. The summed E-state index contributed by atoms with van der Waals surface area (Å²) >= 11 is 3.55. The molecule has 0 fully saturated rings. The van der Waals surface area contributed by atoms with Gasteiger partial charge in [0.15, 0.2) is 0 Å². The van der Waals surface area contributed by atoms with Crippen LogP contribution in [0.2, 0.25) is 0 Å². The fourth-order valence-electron chi connectivity index (χ4n) is 2.60. The highest BCUT2D eigenvalue weighted by Crippen LogP contribution is 2.33. The molecule has 0 aliphatic carbocycles. The van der Waals surface area contributed by atoms with Crippen molar-refractivity contribution in [3.05, 3.63) is 51.8 Å². The molecule has 1 aliphatic rings. The van der Waals surface area contributed by atoms with Crippen LogP contribution in [0.4, 0.5) is 0 Å². The van der Waals surface area contributed by atoms with Crippen LogP contribution >= 0.6 is 15.9 Å². The number of aliphatic hydroxyl groups excluding tert-OH is 1. The standard InChI is InChI=1S/C15H16BrNO2/c1-10(18)14-3-2-5-17(14)9-12-8-13(16)7-11-4-6-19-15(11)12/h2-3,5,7-8,10,18H,4,6,9H2,1H3. The Morgan fingerprint density at radius 2 is 2.32 bits per heavy atom. The number of benzene rings is 1. The van der Waals surface area contributed by atoms with E-state index in [1.54, 1.807) is 6.92 Å². The Morgan fingerprint density at radius 3 is 3.11 bits per heavy atom. The number of halogens is 1. The predicted molar refractivity (Wildman–Crippen MR) is 77.5 cm³/mol. The zero-order valence-electron chi connectivity index (χ0n) is 10.8. The van der Waals surface area contributed by atoms with Crippen LogP contribution in [0.3, 0.4) is 0 Å². The zero-order chi connectivity index (χ0) is 13.4. The first-order valence-electron chi connectivity index (χ1n) is 6.42. The molecular weight excluding hydrogens is 306 g/mol. The number of fused-ring (bicyclic) bond motifs is 1. The molecule has 1 unspecified atom stereocenters. The fourth-order valence-corrected chi connectivity index (χ4v) is 3.15. The Kier molecular flexibility index (Phi) is 3.37. The molecule has 19 heavy (non-hydrogen) atoms. The molecule has 1 aromatic carbocycles. The van der Waals surface area contributed by atoms with Crippen molar-refractivity contribution in [1.29, 1.82) is 0 Å². The molecule has 1 aromatic heterocycles. The molecule has 1 aliphatic heterocycles. The third-order valence-corrected chi connectivity index (χ3v) is 3.92. The average Bonchev–Trinajstić information content (AvgIpc) is 2.96. The summed E-state index contributed by atoms with van der Waals surface area (Å²) in [5.41, 5.74) is 3.34. The van der Waals surface area contributed by atoms with Crippen molar-refractivity contribution in [2.24, 2.45) is 0 Å². The molecule has 3 rings (SSSR count). The van der Waals surface area contributed by atoms with Crippen LogP contribution in [-0.4, -0.2) is 16.3 Å². The number of ether oxygens (including phenoxy) is 1. The minimum atomic E-state index is -0.462. The van der Waals surface area contributed by atoms with Gasteiger partial charge in [0.05, 0.1) is 19.3 Å².